The standard InChI is InChI=1S/C20H15N7O3/c21-8-7-10-5-6-11-13(9-10)16(17-15(11)22-18-19(23-17)27-30-26-18)24-25-20(29)12-3-1-2-4-14(12)28/h1-6,9,28H,7-8,21H2,(H,23,27). The molecular weight excluding hydrogens is 386 g/mol. The summed E-state index contributed by atoms with van der Waals surface area (Å²) in [5.74, 6) is -0.830. The van der Waals surface area contributed by atoms with Gasteiger partial charge in [0.1, 0.15) is 22.5 Å². The van der Waals surface area contributed by atoms with Crippen molar-refractivity contribution in [2.75, 3.05) is 6.54 Å². The second kappa shape index (κ2) is 7.01. The maximum absolute atomic E-state index is 12.5. The van der Waals surface area contributed by atoms with Crippen LogP contribution in [0.1, 0.15) is 15.9 Å². The van der Waals surface area contributed by atoms with Crippen molar-refractivity contribution in [1.29, 1.82) is 0 Å². The molecule has 0 spiro atoms. The highest BCUT2D eigenvalue weighted by Gasteiger charge is 2.19. The molecule has 0 radical (unpaired) electrons. The van der Waals surface area contributed by atoms with Crippen molar-refractivity contribution in [2.45, 2.75) is 6.42 Å². The minimum atomic E-state index is -0.667. The highest BCUT2D eigenvalue weighted by Crippen LogP contribution is 2.39. The molecule has 4 N–H and O–H groups in total. The van der Waals surface area contributed by atoms with Crippen LogP contribution in [0.15, 0.2) is 57.3 Å². The van der Waals surface area contributed by atoms with Gasteiger partial charge in [-0.1, -0.05) is 24.3 Å². The lowest BCUT2D eigenvalue weighted by Gasteiger charge is -2.00. The van der Waals surface area contributed by atoms with Gasteiger partial charge < -0.3 is 10.8 Å². The molecule has 3 aromatic carbocycles. The summed E-state index contributed by atoms with van der Waals surface area (Å²) in [6.07, 6.45) is 0.687. The Labute approximate surface area is 168 Å². The zero-order valence-electron chi connectivity index (χ0n) is 15.5. The summed E-state index contributed by atoms with van der Waals surface area (Å²) in [5, 5.41) is 25.8. The van der Waals surface area contributed by atoms with Crippen LogP contribution in [0.4, 0.5) is 5.69 Å². The van der Waals surface area contributed by atoms with Crippen LogP contribution in [0.25, 0.3) is 33.1 Å². The fourth-order valence-electron chi connectivity index (χ4n) is 3.37. The van der Waals surface area contributed by atoms with E-state index in [1.807, 2.05) is 18.2 Å². The highest BCUT2D eigenvalue weighted by molar-refractivity contribution is 6.19. The molecule has 0 aliphatic carbocycles. The van der Waals surface area contributed by atoms with Crippen LogP contribution in [-0.2, 0) is 6.42 Å². The fourth-order valence-corrected chi connectivity index (χ4v) is 3.37. The van der Waals surface area contributed by atoms with Gasteiger partial charge in [-0.05, 0) is 41.9 Å². The van der Waals surface area contributed by atoms with Crippen molar-refractivity contribution in [1.82, 2.24) is 20.3 Å². The topological polar surface area (TPSA) is 156 Å². The van der Waals surface area contributed by atoms with Gasteiger partial charge in [-0.25, -0.2) is 9.97 Å². The molecule has 30 heavy (non-hydrogen) atoms. The van der Waals surface area contributed by atoms with Crippen molar-refractivity contribution < 1.29 is 14.5 Å². The van der Waals surface area contributed by atoms with E-state index >= 15 is 0 Å². The number of aromatic amines is 1. The summed E-state index contributed by atoms with van der Waals surface area (Å²) in [7, 11) is 0. The van der Waals surface area contributed by atoms with E-state index in [9.17, 15) is 9.90 Å². The number of nitrogens with zero attached hydrogens (tertiary/aromatic N) is 5. The molecule has 1 amide bonds. The van der Waals surface area contributed by atoms with E-state index in [-0.39, 0.29) is 11.3 Å². The lowest BCUT2D eigenvalue weighted by Crippen LogP contribution is -2.02. The number of nitrogens with two attached hydrogens (primary N) is 1. The van der Waals surface area contributed by atoms with Crippen LogP contribution in [-0.4, -0.2) is 37.8 Å². The molecular formula is C20H15N7O3. The maximum atomic E-state index is 12.5. The van der Waals surface area contributed by atoms with Crippen molar-refractivity contribution in [3.8, 4) is 5.75 Å². The molecule has 10 heteroatoms. The number of fused-ring (bicyclic) bond motifs is 4. The first-order valence-corrected chi connectivity index (χ1v) is 9.16. The number of amides is 1. The van der Waals surface area contributed by atoms with E-state index in [4.69, 9.17) is 10.4 Å². The zero-order valence-corrected chi connectivity index (χ0v) is 15.5. The molecule has 0 saturated heterocycles. The number of hydrogen-bond donors (Lipinski definition) is 3. The first kappa shape index (κ1) is 17.9. The minimum absolute atomic E-state index is 0.0612. The summed E-state index contributed by atoms with van der Waals surface area (Å²) >= 11 is 0. The zero-order chi connectivity index (χ0) is 20.7. The summed E-state index contributed by atoms with van der Waals surface area (Å²) in [4.78, 5) is 21.5. The normalized spacial score (nSPS) is 11.9. The molecule has 5 rings (SSSR count). The molecule has 0 unspecified atom stereocenters. The van der Waals surface area contributed by atoms with Crippen LogP contribution >= 0.6 is 0 Å². The number of rotatable bonds is 4. The van der Waals surface area contributed by atoms with E-state index < -0.39 is 5.91 Å². The minimum Gasteiger partial charge on any atom is -0.507 e. The quantitative estimate of drug-likeness (QED) is 0.390. The van der Waals surface area contributed by atoms with Crippen LogP contribution in [0, 0.1) is 0 Å². The number of nitrogens with one attached hydrogen (secondary N) is 1. The van der Waals surface area contributed by atoms with Crippen molar-refractivity contribution in [2.24, 2.45) is 16.0 Å². The molecule has 0 fully saturated rings. The van der Waals surface area contributed by atoms with E-state index in [0.717, 1.165) is 16.3 Å². The lowest BCUT2D eigenvalue weighted by molar-refractivity contribution is 0.0992. The van der Waals surface area contributed by atoms with Crippen LogP contribution in [0.3, 0.4) is 0 Å². The number of azo groups is 1. The Bertz CT molecular complexity index is 1450. The number of aromatic hydroxyl groups is 1. The van der Waals surface area contributed by atoms with Gasteiger partial charge in [0.05, 0.1) is 5.56 Å². The van der Waals surface area contributed by atoms with Gasteiger partial charge in [-0.15, -0.1) is 10.2 Å². The van der Waals surface area contributed by atoms with Gasteiger partial charge in [0.15, 0.2) is 0 Å². The number of aromatic nitrogens is 4. The maximum Gasteiger partial charge on any atom is 0.299 e. The molecule has 148 valence electrons. The number of carbonyl (C=O) groups is 1. The Hall–Kier alpha value is -4.18. The smallest absolute Gasteiger partial charge is 0.299 e. The van der Waals surface area contributed by atoms with Crippen LogP contribution in [0.5, 0.6) is 5.75 Å². The second-order valence-electron chi connectivity index (χ2n) is 6.67. The molecule has 0 bridgehead atoms. The Morgan fingerprint density at radius 3 is 2.83 bits per heavy atom. The third-order valence-electron chi connectivity index (χ3n) is 4.78. The van der Waals surface area contributed by atoms with Gasteiger partial charge >= 0.3 is 0 Å². The van der Waals surface area contributed by atoms with Gasteiger partial charge in [0, 0.05) is 10.8 Å². The number of phenolic OH excluding ortho intramolecular Hbond substituents is 1. The number of H-pyrrole nitrogens is 1. The third kappa shape index (κ3) is 2.86. The van der Waals surface area contributed by atoms with Crippen LogP contribution in [0.2, 0.25) is 0 Å². The first-order valence-electron chi connectivity index (χ1n) is 9.16. The van der Waals surface area contributed by atoms with Crippen molar-refractivity contribution in [3.63, 3.8) is 0 Å². The van der Waals surface area contributed by atoms with Crippen LogP contribution < -0.4 is 5.73 Å². The molecule has 2 heterocycles. The molecule has 0 aliphatic rings. The number of para-hydroxylation sites is 1. The Morgan fingerprint density at radius 1 is 1.13 bits per heavy atom. The molecule has 10 nitrogen and oxygen atoms in total. The molecule has 0 atom stereocenters. The van der Waals surface area contributed by atoms with Gasteiger partial charge in [0.25, 0.3) is 5.91 Å². The van der Waals surface area contributed by atoms with E-state index in [1.54, 1.807) is 12.1 Å². The summed E-state index contributed by atoms with van der Waals surface area (Å²) in [5.41, 5.74) is 8.87. The largest absolute Gasteiger partial charge is 0.507 e. The average molecular weight is 401 g/mol. The molecule has 0 aliphatic heterocycles. The predicted octanol–water partition coefficient (Wildman–Crippen LogP) is 3.38. The number of hydrogen-bond acceptors (Lipinski definition) is 8. The lowest BCUT2D eigenvalue weighted by atomic mass is 10.1. The van der Waals surface area contributed by atoms with Gasteiger partial charge in [-0.2, -0.15) is 5.16 Å². The highest BCUT2D eigenvalue weighted by atomic mass is 16.6. The van der Waals surface area contributed by atoms with E-state index in [2.05, 4.69) is 30.5 Å². The SMILES string of the molecule is NCCc1ccc2c(c1)c(N=NC(=O)c1ccccc1O)c1nc3[nH]onc3nc12. The average Bonchev–Trinajstić information content (AvgIpc) is 3.32. The van der Waals surface area contributed by atoms with Gasteiger partial charge in [-0.3, -0.25) is 9.42 Å². The molecule has 0 saturated carbocycles. The first-order chi connectivity index (χ1) is 14.7. The Balaban J connectivity index is 1.72. The number of phenols is 1. The third-order valence-corrected chi connectivity index (χ3v) is 4.78. The number of benzene rings is 2. The summed E-state index contributed by atoms with van der Waals surface area (Å²) in [6.45, 7) is 0.499. The number of carbonyl (C=O) groups excluding carboxylic acids is 1. The molecule has 5 aromatic rings. The summed E-state index contributed by atoms with van der Waals surface area (Å²) in [6, 6.07) is 12.0. The van der Waals surface area contributed by atoms with Crippen molar-refractivity contribution in [3.05, 3.63) is 53.6 Å². The monoisotopic (exact) mass is 401 g/mol. The van der Waals surface area contributed by atoms with E-state index in [1.165, 1.54) is 12.1 Å². The van der Waals surface area contributed by atoms with E-state index in [0.29, 0.717) is 41.0 Å². The predicted molar refractivity (Wildman–Crippen MR) is 109 cm³/mol. The second-order valence-corrected chi connectivity index (χ2v) is 6.67. The Morgan fingerprint density at radius 2 is 2.00 bits per heavy atom. The Kier molecular flexibility index (Phi) is 4.18. The fraction of sp³-hybridized carbons (Fsp3) is 0.100. The van der Waals surface area contributed by atoms with Crippen molar-refractivity contribution >= 4 is 44.7 Å². The molecule has 2 aromatic heterocycles. The van der Waals surface area contributed by atoms with Gasteiger partial charge in [0.2, 0.25) is 11.3 Å². The summed E-state index contributed by atoms with van der Waals surface area (Å²) < 4.78 is 4.83.